The van der Waals surface area contributed by atoms with E-state index in [0.29, 0.717) is 29.5 Å². The molecule has 8 heteroatoms. The van der Waals surface area contributed by atoms with Gasteiger partial charge in [0.1, 0.15) is 10.6 Å². The van der Waals surface area contributed by atoms with Crippen molar-refractivity contribution in [1.82, 2.24) is 9.46 Å². The van der Waals surface area contributed by atoms with Gasteiger partial charge >= 0.3 is 0 Å². The minimum absolute atomic E-state index is 0.167. The van der Waals surface area contributed by atoms with E-state index in [1.54, 1.807) is 34.1 Å². The topological polar surface area (TPSA) is 81.9 Å². The Bertz CT molecular complexity index is 856. The Labute approximate surface area is 147 Å². The Kier molecular flexibility index (Phi) is 4.75. The SMILES string of the molecule is COc1ccc([C@H]2CCCN2S(=O)(=O)c2c(C)noc2C)cc1OC. The van der Waals surface area contributed by atoms with Crippen molar-refractivity contribution in [1.29, 1.82) is 0 Å². The molecule has 0 unspecified atom stereocenters. The largest absolute Gasteiger partial charge is 0.493 e. The number of benzene rings is 1. The molecule has 0 radical (unpaired) electrons. The summed E-state index contributed by atoms with van der Waals surface area (Å²) in [4.78, 5) is 0.167. The molecule has 2 aromatic rings. The van der Waals surface area contributed by atoms with Gasteiger partial charge in [0.05, 0.1) is 20.3 Å². The van der Waals surface area contributed by atoms with E-state index in [4.69, 9.17) is 14.0 Å². The first-order chi connectivity index (χ1) is 11.9. The molecule has 1 fully saturated rings. The Morgan fingerprint density at radius 2 is 1.92 bits per heavy atom. The molecule has 0 amide bonds. The number of rotatable bonds is 5. The fraction of sp³-hybridized carbons (Fsp3) is 0.471. The maximum Gasteiger partial charge on any atom is 0.249 e. The monoisotopic (exact) mass is 366 g/mol. The molecule has 0 N–H and O–H groups in total. The van der Waals surface area contributed by atoms with E-state index in [0.717, 1.165) is 18.4 Å². The van der Waals surface area contributed by atoms with Crippen LogP contribution in [0, 0.1) is 13.8 Å². The Balaban J connectivity index is 2.01. The molecule has 3 rings (SSSR count). The number of methoxy groups -OCH3 is 2. The van der Waals surface area contributed by atoms with Crippen molar-refractivity contribution < 1.29 is 22.4 Å². The summed E-state index contributed by atoms with van der Waals surface area (Å²) in [5, 5.41) is 3.78. The summed E-state index contributed by atoms with van der Waals surface area (Å²) in [5.41, 5.74) is 1.26. The van der Waals surface area contributed by atoms with E-state index in [1.807, 2.05) is 12.1 Å². The molecule has 2 heterocycles. The van der Waals surface area contributed by atoms with Gasteiger partial charge in [0.15, 0.2) is 17.3 Å². The minimum Gasteiger partial charge on any atom is -0.493 e. The van der Waals surface area contributed by atoms with Crippen LogP contribution < -0.4 is 9.47 Å². The van der Waals surface area contributed by atoms with E-state index in [2.05, 4.69) is 5.16 Å². The first-order valence-corrected chi connectivity index (χ1v) is 9.50. The number of sulfonamides is 1. The van der Waals surface area contributed by atoms with Gasteiger partial charge in [-0.05, 0) is 44.4 Å². The Morgan fingerprint density at radius 1 is 1.20 bits per heavy atom. The van der Waals surface area contributed by atoms with Crippen LogP contribution in [0.3, 0.4) is 0 Å². The fourth-order valence-electron chi connectivity index (χ4n) is 3.38. The summed E-state index contributed by atoms with van der Waals surface area (Å²) in [7, 11) is -0.549. The van der Waals surface area contributed by atoms with Crippen molar-refractivity contribution in [3.8, 4) is 11.5 Å². The second-order valence-corrected chi connectivity index (χ2v) is 7.87. The number of ether oxygens (including phenoxy) is 2. The van der Waals surface area contributed by atoms with Crippen LogP contribution in [0.1, 0.15) is 35.9 Å². The first-order valence-electron chi connectivity index (χ1n) is 8.06. The van der Waals surface area contributed by atoms with Gasteiger partial charge in [-0.15, -0.1) is 0 Å². The molecule has 1 saturated heterocycles. The zero-order valence-electron chi connectivity index (χ0n) is 14.8. The highest BCUT2D eigenvalue weighted by Crippen LogP contribution is 2.40. The Hall–Kier alpha value is -2.06. The van der Waals surface area contributed by atoms with Crippen molar-refractivity contribution in [3.63, 3.8) is 0 Å². The maximum absolute atomic E-state index is 13.2. The highest BCUT2D eigenvalue weighted by Gasteiger charge is 2.39. The quantitative estimate of drug-likeness (QED) is 0.809. The molecule has 7 nitrogen and oxygen atoms in total. The molecule has 1 aromatic heterocycles. The summed E-state index contributed by atoms with van der Waals surface area (Å²) in [6.07, 6.45) is 1.54. The first kappa shape index (κ1) is 17.8. The standard InChI is InChI=1S/C17H22N2O5S/c1-11-17(12(2)24-18-11)25(20,21)19-9-5-6-14(19)13-7-8-15(22-3)16(10-13)23-4/h7-8,10,14H,5-6,9H2,1-4H3/t14-/m1/s1. The van der Waals surface area contributed by atoms with Crippen LogP contribution in [-0.2, 0) is 10.0 Å². The number of hydrogen-bond donors (Lipinski definition) is 0. The lowest BCUT2D eigenvalue weighted by Gasteiger charge is -2.25. The molecule has 1 aliphatic rings. The normalized spacial score (nSPS) is 18.5. The van der Waals surface area contributed by atoms with Gasteiger partial charge in [-0.25, -0.2) is 8.42 Å². The average molecular weight is 366 g/mol. The molecule has 1 atom stereocenters. The van der Waals surface area contributed by atoms with Crippen molar-refractivity contribution in [2.24, 2.45) is 0 Å². The fourth-order valence-corrected chi connectivity index (χ4v) is 5.36. The summed E-state index contributed by atoms with van der Waals surface area (Å²) in [6.45, 7) is 3.73. The number of nitrogens with zero attached hydrogens (tertiary/aromatic N) is 2. The van der Waals surface area contributed by atoms with Crippen LogP contribution in [0.15, 0.2) is 27.6 Å². The van der Waals surface area contributed by atoms with E-state index in [1.165, 1.54) is 4.31 Å². The van der Waals surface area contributed by atoms with Gasteiger partial charge in [0, 0.05) is 6.54 Å². The lowest BCUT2D eigenvalue weighted by atomic mass is 10.0. The highest BCUT2D eigenvalue weighted by molar-refractivity contribution is 7.89. The number of aromatic nitrogens is 1. The molecule has 25 heavy (non-hydrogen) atoms. The van der Waals surface area contributed by atoms with Gasteiger partial charge < -0.3 is 14.0 Å². The van der Waals surface area contributed by atoms with Crippen molar-refractivity contribution in [2.45, 2.75) is 37.6 Å². The summed E-state index contributed by atoms with van der Waals surface area (Å²) in [5.74, 6) is 1.52. The number of hydrogen-bond acceptors (Lipinski definition) is 6. The van der Waals surface area contributed by atoms with Crippen molar-refractivity contribution in [3.05, 3.63) is 35.2 Å². The van der Waals surface area contributed by atoms with Crippen LogP contribution in [0.5, 0.6) is 11.5 Å². The minimum atomic E-state index is -3.68. The van der Waals surface area contributed by atoms with E-state index in [9.17, 15) is 8.42 Å². The van der Waals surface area contributed by atoms with Gasteiger partial charge in [-0.2, -0.15) is 4.31 Å². The van der Waals surface area contributed by atoms with Gasteiger partial charge in [0.25, 0.3) is 0 Å². The molecule has 0 bridgehead atoms. The second-order valence-electron chi connectivity index (χ2n) is 6.04. The maximum atomic E-state index is 13.2. The third kappa shape index (κ3) is 3.00. The summed E-state index contributed by atoms with van der Waals surface area (Å²) in [6, 6.07) is 5.27. The average Bonchev–Trinajstić information content (AvgIpc) is 3.21. The molecule has 0 aliphatic carbocycles. The predicted molar refractivity (Wildman–Crippen MR) is 91.4 cm³/mol. The smallest absolute Gasteiger partial charge is 0.249 e. The number of aryl methyl sites for hydroxylation is 2. The molecular weight excluding hydrogens is 344 g/mol. The summed E-state index contributed by atoms with van der Waals surface area (Å²) < 4.78 is 43.5. The van der Waals surface area contributed by atoms with Crippen LogP contribution >= 0.6 is 0 Å². The van der Waals surface area contributed by atoms with Gasteiger partial charge in [-0.1, -0.05) is 11.2 Å². The van der Waals surface area contributed by atoms with Crippen molar-refractivity contribution in [2.75, 3.05) is 20.8 Å². The predicted octanol–water partition coefficient (Wildman–Crippen LogP) is 2.83. The molecular formula is C17H22N2O5S. The van der Waals surface area contributed by atoms with Crippen LogP contribution in [0.4, 0.5) is 0 Å². The van der Waals surface area contributed by atoms with Crippen LogP contribution in [-0.4, -0.2) is 38.6 Å². The molecule has 136 valence electrons. The van der Waals surface area contributed by atoms with E-state index in [-0.39, 0.29) is 10.9 Å². The molecule has 0 saturated carbocycles. The lowest BCUT2D eigenvalue weighted by Crippen LogP contribution is -2.31. The zero-order chi connectivity index (χ0) is 18.2. The summed E-state index contributed by atoms with van der Waals surface area (Å²) >= 11 is 0. The van der Waals surface area contributed by atoms with Gasteiger partial charge in [0.2, 0.25) is 10.0 Å². The highest BCUT2D eigenvalue weighted by atomic mass is 32.2. The third-order valence-corrected chi connectivity index (χ3v) is 6.68. The van der Waals surface area contributed by atoms with Crippen molar-refractivity contribution >= 4 is 10.0 Å². The Morgan fingerprint density at radius 3 is 2.52 bits per heavy atom. The van der Waals surface area contributed by atoms with Crippen LogP contribution in [0.25, 0.3) is 0 Å². The second kappa shape index (κ2) is 6.68. The van der Waals surface area contributed by atoms with Gasteiger partial charge in [-0.3, -0.25) is 0 Å². The van der Waals surface area contributed by atoms with E-state index < -0.39 is 10.0 Å². The lowest BCUT2D eigenvalue weighted by molar-refractivity contribution is 0.351. The van der Waals surface area contributed by atoms with E-state index >= 15 is 0 Å². The molecule has 0 spiro atoms. The zero-order valence-corrected chi connectivity index (χ0v) is 15.6. The molecule has 1 aromatic carbocycles. The third-order valence-electron chi connectivity index (χ3n) is 4.53. The molecule has 1 aliphatic heterocycles. The van der Waals surface area contributed by atoms with Crippen LogP contribution in [0.2, 0.25) is 0 Å².